The van der Waals surface area contributed by atoms with Crippen LogP contribution in [0, 0.1) is 0 Å². The Balaban J connectivity index is 1.56. The lowest BCUT2D eigenvalue weighted by Crippen LogP contribution is -2.22. The first-order valence-corrected chi connectivity index (χ1v) is 8.65. The van der Waals surface area contributed by atoms with E-state index >= 15 is 0 Å². The van der Waals surface area contributed by atoms with Crippen molar-refractivity contribution in [1.82, 2.24) is 30.0 Å². The highest BCUT2D eigenvalue weighted by atomic mass is 16.5. The average molecular weight is 367 g/mol. The van der Waals surface area contributed by atoms with E-state index in [1.54, 1.807) is 13.2 Å². The number of ether oxygens (including phenoxy) is 1. The third-order valence-corrected chi connectivity index (χ3v) is 4.27. The average Bonchev–Trinajstić information content (AvgIpc) is 3.32. The van der Waals surface area contributed by atoms with Gasteiger partial charge in [-0.15, -0.1) is 5.10 Å². The van der Waals surface area contributed by atoms with Gasteiger partial charge in [0, 0.05) is 18.7 Å². The zero-order valence-corrected chi connectivity index (χ0v) is 14.9. The van der Waals surface area contributed by atoms with Crippen LogP contribution in [-0.2, 0) is 0 Å². The van der Waals surface area contributed by atoms with Crippen LogP contribution in [0.5, 0.6) is 5.75 Å². The number of nitrogens with zero attached hydrogens (tertiary/aromatic N) is 5. The Bertz CT molecular complexity index is 920. The molecule has 0 aliphatic carbocycles. The van der Waals surface area contributed by atoms with Gasteiger partial charge in [0.2, 0.25) is 11.9 Å². The van der Waals surface area contributed by atoms with Crippen LogP contribution in [0.4, 0.5) is 23.4 Å². The van der Waals surface area contributed by atoms with E-state index in [0.29, 0.717) is 23.6 Å². The van der Waals surface area contributed by atoms with E-state index in [-0.39, 0.29) is 5.95 Å². The minimum absolute atomic E-state index is 0.222. The maximum absolute atomic E-state index is 6.04. The number of benzene rings is 1. The predicted molar refractivity (Wildman–Crippen MR) is 103 cm³/mol. The molecule has 5 N–H and O–H groups in total. The number of nitrogens with two attached hydrogens (primary N) is 1. The van der Waals surface area contributed by atoms with Crippen LogP contribution in [0.3, 0.4) is 0 Å². The molecule has 10 heteroatoms. The van der Waals surface area contributed by atoms with Crippen molar-refractivity contribution in [2.24, 2.45) is 0 Å². The first-order chi connectivity index (χ1) is 13.2. The highest BCUT2D eigenvalue weighted by Crippen LogP contribution is 2.26. The summed E-state index contributed by atoms with van der Waals surface area (Å²) in [5, 5.41) is 14.2. The second-order valence-corrected chi connectivity index (χ2v) is 6.13. The van der Waals surface area contributed by atoms with Crippen LogP contribution >= 0.6 is 0 Å². The molecule has 1 aliphatic heterocycles. The molecular weight excluding hydrogens is 346 g/mol. The summed E-state index contributed by atoms with van der Waals surface area (Å²) >= 11 is 0. The molecule has 0 radical (unpaired) electrons. The SMILES string of the molecule is COc1ccccc1Nc1nc(N)n(-c2cc(NC3CCNC3)ncn2)n1. The third kappa shape index (κ3) is 3.75. The number of hydrogen-bond acceptors (Lipinski definition) is 9. The van der Waals surface area contributed by atoms with Gasteiger partial charge >= 0.3 is 0 Å². The monoisotopic (exact) mass is 367 g/mol. The Morgan fingerprint density at radius 3 is 3.00 bits per heavy atom. The Morgan fingerprint density at radius 1 is 1.30 bits per heavy atom. The zero-order chi connectivity index (χ0) is 18.6. The first kappa shape index (κ1) is 17.0. The summed E-state index contributed by atoms with van der Waals surface area (Å²) < 4.78 is 6.80. The fraction of sp³-hybridized carbons (Fsp3) is 0.294. The van der Waals surface area contributed by atoms with E-state index in [9.17, 15) is 0 Å². The maximum atomic E-state index is 6.04. The highest BCUT2D eigenvalue weighted by molar-refractivity contribution is 5.63. The molecule has 2 aromatic heterocycles. The van der Waals surface area contributed by atoms with E-state index in [1.807, 2.05) is 24.3 Å². The second-order valence-electron chi connectivity index (χ2n) is 6.13. The molecule has 0 amide bonds. The molecule has 1 aliphatic rings. The molecular formula is C17H21N9O. The van der Waals surface area contributed by atoms with Crippen LogP contribution < -0.4 is 26.4 Å². The van der Waals surface area contributed by atoms with E-state index in [4.69, 9.17) is 10.5 Å². The minimum Gasteiger partial charge on any atom is -0.495 e. The summed E-state index contributed by atoms with van der Waals surface area (Å²) in [7, 11) is 1.61. The normalized spacial score (nSPS) is 16.3. The van der Waals surface area contributed by atoms with Crippen molar-refractivity contribution in [2.75, 3.05) is 36.6 Å². The highest BCUT2D eigenvalue weighted by Gasteiger charge is 2.16. The number of rotatable bonds is 6. The molecule has 0 saturated carbocycles. The van der Waals surface area contributed by atoms with Crippen LogP contribution in [0.15, 0.2) is 36.7 Å². The molecule has 1 unspecified atom stereocenters. The summed E-state index contributed by atoms with van der Waals surface area (Å²) in [6, 6.07) is 9.66. The van der Waals surface area contributed by atoms with Gasteiger partial charge in [0.05, 0.1) is 12.8 Å². The summed E-state index contributed by atoms with van der Waals surface area (Å²) in [6.07, 6.45) is 2.53. The van der Waals surface area contributed by atoms with E-state index in [0.717, 1.165) is 31.0 Å². The van der Waals surface area contributed by atoms with Crippen LogP contribution in [0.1, 0.15) is 6.42 Å². The molecule has 10 nitrogen and oxygen atoms in total. The smallest absolute Gasteiger partial charge is 0.249 e. The zero-order valence-electron chi connectivity index (χ0n) is 14.9. The Morgan fingerprint density at radius 2 is 2.19 bits per heavy atom. The summed E-state index contributed by atoms with van der Waals surface area (Å²) in [5.74, 6) is 2.52. The molecule has 3 aromatic rings. The molecule has 1 atom stereocenters. The van der Waals surface area contributed by atoms with Gasteiger partial charge in [-0.25, -0.2) is 9.97 Å². The molecule has 1 saturated heterocycles. The fourth-order valence-corrected chi connectivity index (χ4v) is 2.94. The molecule has 4 rings (SSSR count). The van der Waals surface area contributed by atoms with Crippen molar-refractivity contribution in [3.8, 4) is 11.6 Å². The Kier molecular flexibility index (Phi) is 4.71. The number of hydrogen-bond donors (Lipinski definition) is 4. The molecule has 140 valence electrons. The van der Waals surface area contributed by atoms with Gasteiger partial charge in [0.1, 0.15) is 17.9 Å². The third-order valence-electron chi connectivity index (χ3n) is 4.27. The van der Waals surface area contributed by atoms with Crippen molar-refractivity contribution in [1.29, 1.82) is 0 Å². The number of methoxy groups -OCH3 is 1. The summed E-state index contributed by atoms with van der Waals surface area (Å²) in [4.78, 5) is 12.8. The van der Waals surface area contributed by atoms with Gasteiger partial charge in [-0.05, 0) is 25.1 Å². The predicted octanol–water partition coefficient (Wildman–Crippen LogP) is 1.17. The maximum Gasteiger partial charge on any atom is 0.249 e. The topological polar surface area (TPSA) is 128 Å². The first-order valence-electron chi connectivity index (χ1n) is 8.65. The molecule has 1 aromatic carbocycles. The van der Waals surface area contributed by atoms with Crippen molar-refractivity contribution in [3.63, 3.8) is 0 Å². The van der Waals surface area contributed by atoms with Gasteiger partial charge in [-0.1, -0.05) is 12.1 Å². The van der Waals surface area contributed by atoms with Crippen LogP contribution in [-0.4, -0.2) is 51.0 Å². The number of nitrogens with one attached hydrogen (secondary N) is 3. The van der Waals surface area contributed by atoms with E-state index in [1.165, 1.54) is 11.0 Å². The molecule has 0 bridgehead atoms. The van der Waals surface area contributed by atoms with Gasteiger partial charge < -0.3 is 26.4 Å². The molecule has 0 spiro atoms. The standard InChI is InChI=1S/C17H21N9O/c1-27-13-5-3-2-4-12(13)23-17-24-16(18)26(25-17)15-8-14(20-10-21-15)22-11-6-7-19-9-11/h2-5,8,10-11,19H,6-7,9H2,1H3,(H,20,21,22)(H3,18,23,24,25). The van der Waals surface area contributed by atoms with Gasteiger partial charge in [0.15, 0.2) is 5.82 Å². The Hall–Kier alpha value is -3.40. The lowest BCUT2D eigenvalue weighted by atomic mass is 10.2. The number of nitrogen functional groups attached to an aromatic ring is 1. The molecule has 3 heterocycles. The van der Waals surface area contributed by atoms with E-state index < -0.39 is 0 Å². The minimum atomic E-state index is 0.222. The lowest BCUT2D eigenvalue weighted by molar-refractivity contribution is 0.417. The number of para-hydroxylation sites is 2. The second kappa shape index (κ2) is 7.46. The van der Waals surface area contributed by atoms with Crippen LogP contribution in [0.2, 0.25) is 0 Å². The quantitative estimate of drug-likeness (QED) is 0.507. The van der Waals surface area contributed by atoms with Crippen molar-refractivity contribution in [3.05, 3.63) is 36.7 Å². The summed E-state index contributed by atoms with van der Waals surface area (Å²) in [6.45, 7) is 1.92. The van der Waals surface area contributed by atoms with E-state index in [2.05, 4.69) is 36.0 Å². The van der Waals surface area contributed by atoms with Crippen molar-refractivity contribution < 1.29 is 4.74 Å². The number of anilines is 4. The van der Waals surface area contributed by atoms with Crippen molar-refractivity contribution >= 4 is 23.4 Å². The van der Waals surface area contributed by atoms with Crippen molar-refractivity contribution in [2.45, 2.75) is 12.5 Å². The van der Waals surface area contributed by atoms with Crippen LogP contribution in [0.25, 0.3) is 5.82 Å². The fourth-order valence-electron chi connectivity index (χ4n) is 2.94. The van der Waals surface area contributed by atoms with Gasteiger partial charge in [-0.2, -0.15) is 9.67 Å². The lowest BCUT2D eigenvalue weighted by Gasteiger charge is -2.12. The summed E-state index contributed by atoms with van der Waals surface area (Å²) in [5.41, 5.74) is 6.78. The molecule has 1 fully saturated rings. The van der Waals surface area contributed by atoms with Gasteiger partial charge in [0.25, 0.3) is 0 Å². The molecule has 27 heavy (non-hydrogen) atoms. The largest absolute Gasteiger partial charge is 0.495 e. The Labute approximate surface area is 156 Å². The number of aromatic nitrogens is 5. The van der Waals surface area contributed by atoms with Gasteiger partial charge in [-0.3, -0.25) is 0 Å².